The van der Waals surface area contributed by atoms with Crippen LogP contribution in [0.5, 0.6) is 0 Å². The van der Waals surface area contributed by atoms with Crippen molar-refractivity contribution in [1.29, 1.82) is 0 Å². The van der Waals surface area contributed by atoms with Crippen molar-refractivity contribution in [3.05, 3.63) is 53.7 Å². The lowest BCUT2D eigenvalue weighted by Crippen LogP contribution is -2.29. The first-order chi connectivity index (χ1) is 12.8. The molecule has 1 aliphatic heterocycles. The van der Waals surface area contributed by atoms with Crippen LogP contribution in [0, 0.1) is 0 Å². The summed E-state index contributed by atoms with van der Waals surface area (Å²) in [4.78, 5) is 5.72. The molecule has 5 rings (SSSR count). The molecule has 4 heterocycles. The summed E-state index contributed by atoms with van der Waals surface area (Å²) in [6.07, 6.45) is 6.47. The second kappa shape index (κ2) is 5.94. The molecule has 0 saturated heterocycles. The molecule has 0 saturated carbocycles. The molecule has 0 spiro atoms. The quantitative estimate of drug-likeness (QED) is 0.618. The van der Waals surface area contributed by atoms with Crippen molar-refractivity contribution < 1.29 is 0 Å². The molecule has 130 valence electrons. The minimum absolute atomic E-state index is 0.660. The Labute approximate surface area is 150 Å². The maximum atomic E-state index is 4.49. The number of tetrazole rings is 1. The lowest BCUT2D eigenvalue weighted by molar-refractivity contribution is 0.711. The molecule has 0 bridgehead atoms. The zero-order valence-electron chi connectivity index (χ0n) is 14.6. The summed E-state index contributed by atoms with van der Waals surface area (Å²) < 4.78 is 1.47. The summed E-state index contributed by atoms with van der Waals surface area (Å²) in [6.45, 7) is 3.95. The van der Waals surface area contributed by atoms with Crippen molar-refractivity contribution in [2.45, 2.75) is 19.8 Å². The number of aromatic amines is 1. The fourth-order valence-corrected chi connectivity index (χ4v) is 3.71. The summed E-state index contributed by atoms with van der Waals surface area (Å²) >= 11 is 0. The van der Waals surface area contributed by atoms with E-state index >= 15 is 0 Å². The van der Waals surface area contributed by atoms with E-state index in [0.717, 1.165) is 31.7 Å². The van der Waals surface area contributed by atoms with E-state index in [9.17, 15) is 0 Å². The van der Waals surface area contributed by atoms with Gasteiger partial charge in [-0.1, -0.05) is 31.2 Å². The van der Waals surface area contributed by atoms with Gasteiger partial charge in [-0.3, -0.25) is 0 Å². The largest absolute Gasteiger partial charge is 0.360 e. The van der Waals surface area contributed by atoms with Crippen LogP contribution in [0.25, 0.3) is 22.1 Å². The number of hydrogen-bond donors (Lipinski definition) is 1. The Morgan fingerprint density at radius 2 is 2.15 bits per heavy atom. The van der Waals surface area contributed by atoms with Gasteiger partial charge < -0.3 is 9.88 Å². The third-order valence-electron chi connectivity index (χ3n) is 5.12. The Balaban J connectivity index is 1.44. The highest BCUT2D eigenvalue weighted by atomic mass is 15.6. The minimum Gasteiger partial charge on any atom is -0.360 e. The van der Waals surface area contributed by atoms with E-state index in [0.29, 0.717) is 5.65 Å². The van der Waals surface area contributed by atoms with Gasteiger partial charge in [0.2, 0.25) is 0 Å². The minimum atomic E-state index is 0.660. The van der Waals surface area contributed by atoms with Crippen molar-refractivity contribution in [1.82, 2.24) is 30.2 Å². The number of rotatable bonds is 3. The molecule has 7 nitrogen and oxygen atoms in total. The lowest BCUT2D eigenvalue weighted by atomic mass is 9.97. The van der Waals surface area contributed by atoms with Crippen molar-refractivity contribution >= 4 is 27.9 Å². The number of para-hydroxylation sites is 1. The number of nitrogens with one attached hydrogen (secondary N) is 1. The Morgan fingerprint density at radius 1 is 1.19 bits per heavy atom. The first kappa shape index (κ1) is 15.1. The maximum absolute atomic E-state index is 4.49. The van der Waals surface area contributed by atoms with Crippen LogP contribution in [-0.4, -0.2) is 43.3 Å². The number of anilines is 1. The highest BCUT2D eigenvalue weighted by molar-refractivity contribution is 5.94. The third-order valence-corrected chi connectivity index (χ3v) is 5.12. The van der Waals surface area contributed by atoms with E-state index < -0.39 is 0 Å². The normalized spacial score (nSPS) is 15.0. The first-order valence-electron chi connectivity index (χ1n) is 8.92. The highest BCUT2D eigenvalue weighted by Gasteiger charge is 2.18. The van der Waals surface area contributed by atoms with Gasteiger partial charge in [0, 0.05) is 35.8 Å². The van der Waals surface area contributed by atoms with Crippen LogP contribution in [-0.2, 0) is 6.42 Å². The summed E-state index contributed by atoms with van der Waals surface area (Å²) in [5.41, 5.74) is 6.00. The van der Waals surface area contributed by atoms with Gasteiger partial charge in [0.25, 0.3) is 0 Å². The Hall–Kier alpha value is -3.22. The van der Waals surface area contributed by atoms with Crippen molar-refractivity contribution in [2.75, 3.05) is 18.0 Å². The molecule has 1 N–H and O–H groups in total. The zero-order valence-corrected chi connectivity index (χ0v) is 14.6. The Bertz CT molecular complexity index is 1120. The fourth-order valence-electron chi connectivity index (χ4n) is 3.71. The van der Waals surface area contributed by atoms with Crippen LogP contribution in [0.2, 0.25) is 0 Å². The molecular formula is C19H19N7. The number of fused-ring (bicyclic) bond motifs is 2. The van der Waals surface area contributed by atoms with Gasteiger partial charge in [-0.25, -0.2) is 0 Å². The van der Waals surface area contributed by atoms with E-state index in [4.69, 9.17) is 0 Å². The summed E-state index contributed by atoms with van der Waals surface area (Å²) in [5.74, 6) is 0.896. The fraction of sp³-hybridized carbons (Fsp3) is 0.263. The maximum Gasteiger partial charge on any atom is 0.200 e. The number of H-pyrrole nitrogens is 1. The highest BCUT2D eigenvalue weighted by Crippen LogP contribution is 2.31. The van der Waals surface area contributed by atoms with E-state index in [1.54, 1.807) is 0 Å². The van der Waals surface area contributed by atoms with Crippen LogP contribution in [0.3, 0.4) is 0 Å². The molecule has 1 aromatic carbocycles. The van der Waals surface area contributed by atoms with E-state index in [2.05, 4.69) is 67.9 Å². The zero-order chi connectivity index (χ0) is 17.5. The number of aromatic nitrogens is 6. The van der Waals surface area contributed by atoms with Gasteiger partial charge in [0.05, 0.1) is 0 Å². The van der Waals surface area contributed by atoms with E-state index in [1.807, 2.05) is 12.1 Å². The van der Waals surface area contributed by atoms with Crippen LogP contribution in [0.4, 0.5) is 5.82 Å². The average Bonchev–Trinajstić information content (AvgIpc) is 3.34. The van der Waals surface area contributed by atoms with Gasteiger partial charge in [-0.05, 0) is 46.5 Å². The number of benzene rings is 1. The topological polar surface area (TPSA) is 75.0 Å². The number of aryl methyl sites for hydroxylation is 1. The van der Waals surface area contributed by atoms with Crippen LogP contribution in [0.15, 0.2) is 42.6 Å². The molecule has 26 heavy (non-hydrogen) atoms. The smallest absolute Gasteiger partial charge is 0.200 e. The van der Waals surface area contributed by atoms with Gasteiger partial charge in [-0.15, -0.1) is 14.8 Å². The summed E-state index contributed by atoms with van der Waals surface area (Å²) in [7, 11) is 0. The molecule has 0 atom stereocenters. The third kappa shape index (κ3) is 2.35. The predicted octanol–water partition coefficient (Wildman–Crippen LogP) is 2.86. The first-order valence-corrected chi connectivity index (χ1v) is 8.92. The van der Waals surface area contributed by atoms with Crippen molar-refractivity contribution in [3.63, 3.8) is 0 Å². The molecular weight excluding hydrogens is 326 g/mol. The number of nitrogens with zero attached hydrogens (tertiary/aromatic N) is 6. The van der Waals surface area contributed by atoms with Crippen LogP contribution in [0.1, 0.15) is 24.5 Å². The Morgan fingerprint density at radius 3 is 3.00 bits per heavy atom. The monoisotopic (exact) mass is 345 g/mol. The van der Waals surface area contributed by atoms with Gasteiger partial charge in [-0.2, -0.15) is 0 Å². The average molecular weight is 345 g/mol. The molecule has 7 heteroatoms. The summed E-state index contributed by atoms with van der Waals surface area (Å²) in [6, 6.07) is 10.4. The SMILES string of the molecule is CCc1cccc2c(C3=CCN(c4ccc5nnnn5n4)CC3)c[nH]c12. The second-order valence-corrected chi connectivity index (χ2v) is 6.54. The van der Waals surface area contributed by atoms with Crippen LogP contribution < -0.4 is 4.90 Å². The van der Waals surface area contributed by atoms with Crippen molar-refractivity contribution in [3.8, 4) is 0 Å². The molecule has 0 unspecified atom stereocenters. The van der Waals surface area contributed by atoms with Gasteiger partial charge in [0.15, 0.2) is 11.5 Å². The molecule has 3 aromatic heterocycles. The molecule has 0 aliphatic carbocycles. The van der Waals surface area contributed by atoms with Gasteiger partial charge in [0.1, 0.15) is 0 Å². The van der Waals surface area contributed by atoms with E-state index in [1.165, 1.54) is 32.2 Å². The standard InChI is InChI=1S/C19H19N7/c1-2-13-4-3-5-15-16(12-20-19(13)15)14-8-10-25(11-9-14)18-7-6-17-21-23-24-26(17)22-18/h3-8,12,20H,2,9-11H2,1H3. The van der Waals surface area contributed by atoms with Crippen molar-refractivity contribution in [2.24, 2.45) is 0 Å². The number of hydrogen-bond acceptors (Lipinski definition) is 5. The molecule has 0 fully saturated rings. The molecule has 1 aliphatic rings. The Kier molecular flexibility index (Phi) is 3.44. The summed E-state index contributed by atoms with van der Waals surface area (Å²) in [5, 5.41) is 17.2. The molecule has 0 amide bonds. The molecule has 0 radical (unpaired) electrons. The van der Waals surface area contributed by atoms with Crippen LogP contribution >= 0.6 is 0 Å². The second-order valence-electron chi connectivity index (χ2n) is 6.54. The predicted molar refractivity (Wildman–Crippen MR) is 101 cm³/mol. The molecule has 4 aromatic rings. The van der Waals surface area contributed by atoms with E-state index in [-0.39, 0.29) is 0 Å². The van der Waals surface area contributed by atoms with Gasteiger partial charge >= 0.3 is 0 Å². The lowest BCUT2D eigenvalue weighted by Gasteiger charge is -2.27.